The van der Waals surface area contributed by atoms with Gasteiger partial charge in [-0.2, -0.15) is 0 Å². The number of carbonyl (C=O) groups is 2. The monoisotopic (exact) mass is 284 g/mol. The van der Waals surface area contributed by atoms with Crippen molar-refractivity contribution >= 4 is 11.9 Å². The van der Waals surface area contributed by atoms with Gasteiger partial charge in [-0.15, -0.1) is 0 Å². The van der Waals surface area contributed by atoms with Crippen LogP contribution >= 0.6 is 0 Å². The molecule has 0 saturated carbocycles. The highest BCUT2D eigenvalue weighted by Gasteiger charge is 2.11. The van der Waals surface area contributed by atoms with Crippen LogP contribution in [0.3, 0.4) is 0 Å². The van der Waals surface area contributed by atoms with Crippen LogP contribution < -0.4 is 4.74 Å². The zero-order valence-corrected chi connectivity index (χ0v) is 12.0. The van der Waals surface area contributed by atoms with E-state index in [1.807, 2.05) is 26.0 Å². The summed E-state index contributed by atoms with van der Waals surface area (Å²) in [6, 6.07) is 14.0. The number of esters is 2. The smallest absolute Gasteiger partial charge is 0.349 e. The predicted octanol–water partition coefficient (Wildman–Crippen LogP) is 3.07. The Hall–Kier alpha value is -2.62. The predicted molar refractivity (Wildman–Crippen MR) is 78.3 cm³/mol. The van der Waals surface area contributed by atoms with Crippen LogP contribution in [0.4, 0.5) is 0 Å². The summed E-state index contributed by atoms with van der Waals surface area (Å²) < 4.78 is 9.97. The van der Waals surface area contributed by atoms with Gasteiger partial charge in [-0.1, -0.05) is 35.4 Å². The molecule has 108 valence electrons. The van der Waals surface area contributed by atoms with E-state index >= 15 is 0 Å². The molecule has 2 aromatic rings. The SMILES string of the molecule is Cc1ccc(OC(=O)COC(=O)c2ccc(C)cc2)cc1. The number of hydrogen-bond acceptors (Lipinski definition) is 4. The van der Waals surface area contributed by atoms with Crippen LogP contribution in [0.25, 0.3) is 0 Å². The van der Waals surface area contributed by atoms with Crippen LogP contribution in [0.5, 0.6) is 5.75 Å². The fourth-order valence-corrected chi connectivity index (χ4v) is 1.66. The number of aryl methyl sites for hydroxylation is 2. The quantitative estimate of drug-likeness (QED) is 0.639. The van der Waals surface area contributed by atoms with Crippen molar-refractivity contribution in [2.45, 2.75) is 13.8 Å². The minimum Gasteiger partial charge on any atom is -0.450 e. The molecule has 4 heteroatoms. The van der Waals surface area contributed by atoms with Crippen molar-refractivity contribution in [2.75, 3.05) is 6.61 Å². The van der Waals surface area contributed by atoms with Gasteiger partial charge in [0.05, 0.1) is 5.56 Å². The van der Waals surface area contributed by atoms with E-state index in [0.717, 1.165) is 11.1 Å². The molecule has 0 heterocycles. The minimum absolute atomic E-state index is 0.406. The van der Waals surface area contributed by atoms with E-state index in [0.29, 0.717) is 11.3 Å². The van der Waals surface area contributed by atoms with E-state index < -0.39 is 18.5 Å². The number of rotatable bonds is 4. The fraction of sp³-hybridized carbons (Fsp3) is 0.176. The summed E-state index contributed by atoms with van der Waals surface area (Å²) in [5.74, 6) is -0.729. The molecule has 0 radical (unpaired) electrons. The zero-order valence-electron chi connectivity index (χ0n) is 12.0. The highest BCUT2D eigenvalue weighted by molar-refractivity contribution is 5.90. The van der Waals surface area contributed by atoms with Gasteiger partial charge in [-0.3, -0.25) is 0 Å². The van der Waals surface area contributed by atoms with Gasteiger partial charge in [0.2, 0.25) is 0 Å². The van der Waals surface area contributed by atoms with Crippen LogP contribution in [-0.4, -0.2) is 18.5 Å². The highest BCUT2D eigenvalue weighted by atomic mass is 16.6. The number of benzene rings is 2. The Bertz CT molecular complexity index is 627. The third-order valence-electron chi connectivity index (χ3n) is 2.86. The van der Waals surface area contributed by atoms with E-state index in [9.17, 15) is 9.59 Å². The molecule has 0 fully saturated rings. The lowest BCUT2D eigenvalue weighted by molar-refractivity contribution is -0.137. The molecule has 0 bridgehead atoms. The third-order valence-corrected chi connectivity index (χ3v) is 2.86. The maximum absolute atomic E-state index is 11.7. The number of hydrogen-bond donors (Lipinski definition) is 0. The van der Waals surface area contributed by atoms with Crippen molar-refractivity contribution in [3.05, 3.63) is 65.2 Å². The second kappa shape index (κ2) is 6.70. The number of ether oxygens (including phenoxy) is 2. The van der Waals surface area contributed by atoms with Gasteiger partial charge in [0.25, 0.3) is 0 Å². The maximum atomic E-state index is 11.7. The third kappa shape index (κ3) is 4.45. The summed E-state index contributed by atoms with van der Waals surface area (Å²) in [7, 11) is 0. The molecule has 0 atom stereocenters. The van der Waals surface area contributed by atoms with Crippen molar-refractivity contribution < 1.29 is 19.1 Å². The first-order valence-electron chi connectivity index (χ1n) is 6.56. The fourth-order valence-electron chi connectivity index (χ4n) is 1.66. The van der Waals surface area contributed by atoms with Crippen molar-refractivity contribution in [3.8, 4) is 5.75 Å². The minimum atomic E-state index is -0.612. The lowest BCUT2D eigenvalue weighted by Crippen LogP contribution is -2.18. The molecular formula is C17H16O4. The maximum Gasteiger partial charge on any atom is 0.349 e. The lowest BCUT2D eigenvalue weighted by atomic mass is 10.1. The summed E-state index contributed by atoms with van der Waals surface area (Å²) in [4.78, 5) is 23.3. The van der Waals surface area contributed by atoms with Gasteiger partial charge in [-0.25, -0.2) is 9.59 Å². The molecule has 0 N–H and O–H groups in total. The Morgan fingerprint density at radius 2 is 1.38 bits per heavy atom. The van der Waals surface area contributed by atoms with Crippen molar-refractivity contribution in [2.24, 2.45) is 0 Å². The average Bonchev–Trinajstić information content (AvgIpc) is 2.48. The summed E-state index contributed by atoms with van der Waals surface area (Å²) in [5.41, 5.74) is 2.52. The van der Waals surface area contributed by atoms with Crippen LogP contribution in [0.1, 0.15) is 21.5 Å². The van der Waals surface area contributed by atoms with E-state index in [1.54, 1.807) is 36.4 Å². The molecule has 0 aromatic heterocycles. The van der Waals surface area contributed by atoms with Gasteiger partial charge < -0.3 is 9.47 Å². The van der Waals surface area contributed by atoms with E-state index in [4.69, 9.17) is 9.47 Å². The van der Waals surface area contributed by atoms with E-state index in [-0.39, 0.29) is 0 Å². The largest absolute Gasteiger partial charge is 0.450 e. The Morgan fingerprint density at radius 3 is 1.95 bits per heavy atom. The van der Waals surface area contributed by atoms with Gasteiger partial charge >= 0.3 is 11.9 Å². The summed E-state index contributed by atoms with van der Waals surface area (Å²) in [5, 5.41) is 0. The molecule has 2 aromatic carbocycles. The first-order chi connectivity index (χ1) is 10.0. The molecule has 0 aliphatic heterocycles. The average molecular weight is 284 g/mol. The molecule has 0 amide bonds. The number of carbonyl (C=O) groups excluding carboxylic acids is 2. The molecule has 0 unspecified atom stereocenters. The normalized spacial score (nSPS) is 10.0. The highest BCUT2D eigenvalue weighted by Crippen LogP contribution is 2.11. The van der Waals surface area contributed by atoms with Gasteiger partial charge in [0, 0.05) is 0 Å². The Kier molecular flexibility index (Phi) is 4.72. The second-order valence-electron chi connectivity index (χ2n) is 4.73. The molecule has 21 heavy (non-hydrogen) atoms. The van der Waals surface area contributed by atoms with Crippen LogP contribution in [-0.2, 0) is 9.53 Å². The molecule has 0 aliphatic carbocycles. The van der Waals surface area contributed by atoms with Crippen LogP contribution in [0, 0.1) is 13.8 Å². The first kappa shape index (κ1) is 14.8. The van der Waals surface area contributed by atoms with Gasteiger partial charge in [0.1, 0.15) is 5.75 Å². The first-order valence-corrected chi connectivity index (χ1v) is 6.56. The molecule has 4 nitrogen and oxygen atoms in total. The Labute approximate surface area is 123 Å². The Morgan fingerprint density at radius 1 is 0.857 bits per heavy atom. The topological polar surface area (TPSA) is 52.6 Å². The second-order valence-corrected chi connectivity index (χ2v) is 4.73. The Balaban J connectivity index is 1.84. The molecule has 2 rings (SSSR count). The summed E-state index contributed by atoms with van der Waals surface area (Å²) >= 11 is 0. The van der Waals surface area contributed by atoms with Crippen molar-refractivity contribution in [1.82, 2.24) is 0 Å². The van der Waals surface area contributed by atoms with Gasteiger partial charge in [-0.05, 0) is 38.1 Å². The standard InChI is InChI=1S/C17H16O4/c1-12-3-7-14(8-4-12)17(19)20-11-16(18)21-15-9-5-13(2)6-10-15/h3-10H,11H2,1-2H3. The zero-order chi connectivity index (χ0) is 15.2. The van der Waals surface area contributed by atoms with Crippen molar-refractivity contribution in [3.63, 3.8) is 0 Å². The summed E-state index contributed by atoms with van der Waals surface area (Å²) in [6.07, 6.45) is 0. The lowest BCUT2D eigenvalue weighted by Gasteiger charge is -2.06. The van der Waals surface area contributed by atoms with Gasteiger partial charge in [0.15, 0.2) is 6.61 Å². The van der Waals surface area contributed by atoms with E-state index in [2.05, 4.69) is 0 Å². The van der Waals surface area contributed by atoms with Crippen LogP contribution in [0.2, 0.25) is 0 Å². The van der Waals surface area contributed by atoms with E-state index in [1.165, 1.54) is 0 Å². The molecule has 0 saturated heterocycles. The van der Waals surface area contributed by atoms with Crippen LogP contribution in [0.15, 0.2) is 48.5 Å². The molecule has 0 spiro atoms. The molecule has 0 aliphatic rings. The van der Waals surface area contributed by atoms with Crippen molar-refractivity contribution in [1.29, 1.82) is 0 Å². The summed E-state index contributed by atoms with van der Waals surface area (Å²) in [6.45, 7) is 3.45. The molecular weight excluding hydrogens is 268 g/mol.